The van der Waals surface area contributed by atoms with Crippen LogP contribution in [-0.2, 0) is 27.1 Å². The van der Waals surface area contributed by atoms with Crippen LogP contribution in [0, 0.1) is 0 Å². The zero-order valence-electron chi connectivity index (χ0n) is 21.7. The fourth-order valence-electron chi connectivity index (χ4n) is 5.07. The summed E-state index contributed by atoms with van der Waals surface area (Å²) in [7, 11) is 1.56. The first-order valence-electron chi connectivity index (χ1n) is 12.9. The van der Waals surface area contributed by atoms with Crippen molar-refractivity contribution in [1.82, 2.24) is 4.90 Å². The molecular formula is C30H31ClN2O6. The third-order valence-electron chi connectivity index (χ3n) is 7.26. The van der Waals surface area contributed by atoms with E-state index in [1.165, 1.54) is 0 Å². The minimum atomic E-state index is -1.02. The summed E-state index contributed by atoms with van der Waals surface area (Å²) in [4.78, 5) is 26.7. The van der Waals surface area contributed by atoms with Crippen LogP contribution in [0.5, 0.6) is 11.5 Å². The molecule has 1 saturated heterocycles. The first-order chi connectivity index (χ1) is 18.9. The first kappa shape index (κ1) is 27.0. The zero-order chi connectivity index (χ0) is 27.4. The molecule has 0 spiro atoms. The van der Waals surface area contributed by atoms with E-state index < -0.39 is 17.1 Å². The molecule has 3 aromatic rings. The number of aryl methyl sites for hydroxylation is 1. The van der Waals surface area contributed by atoms with Gasteiger partial charge in [-0.15, -0.1) is 11.6 Å². The highest BCUT2D eigenvalue weighted by Gasteiger charge is 2.37. The monoisotopic (exact) mass is 550 g/mol. The second-order valence-corrected chi connectivity index (χ2v) is 10.5. The Kier molecular flexibility index (Phi) is 8.07. The maximum atomic E-state index is 12.7. The number of ether oxygens (including phenoxy) is 3. The molecular weight excluding hydrogens is 520 g/mol. The Bertz CT molecular complexity index is 1340. The Hall–Kier alpha value is -3.59. The number of hydrogen-bond acceptors (Lipinski definition) is 7. The van der Waals surface area contributed by atoms with Gasteiger partial charge in [-0.2, -0.15) is 0 Å². The normalized spacial score (nSPS) is 18.6. The van der Waals surface area contributed by atoms with Crippen LogP contribution in [0.1, 0.15) is 39.6 Å². The maximum Gasteiger partial charge on any atom is 0.339 e. The lowest BCUT2D eigenvalue weighted by atomic mass is 9.95. The molecule has 0 aromatic heterocycles. The molecule has 2 heterocycles. The number of fused-ring (bicyclic) bond motifs is 1. The minimum absolute atomic E-state index is 0.137. The molecule has 1 fully saturated rings. The van der Waals surface area contributed by atoms with Gasteiger partial charge in [0.05, 0.1) is 25.9 Å². The summed E-state index contributed by atoms with van der Waals surface area (Å²) in [6.07, 6.45) is 0.587. The number of phenols is 1. The second kappa shape index (κ2) is 11.7. The van der Waals surface area contributed by atoms with Gasteiger partial charge in [-0.3, -0.25) is 9.69 Å². The van der Waals surface area contributed by atoms with Crippen LogP contribution in [-0.4, -0.2) is 60.3 Å². The number of halogens is 1. The fraction of sp³-hybridized carbons (Fsp3) is 0.333. The average molecular weight is 551 g/mol. The molecule has 3 aromatic carbocycles. The smallest absolute Gasteiger partial charge is 0.339 e. The first-order valence-corrected chi connectivity index (χ1v) is 13.3. The topological polar surface area (TPSA) is 97.3 Å². The number of aromatic hydroxyl groups is 1. The number of hydrogen-bond donors (Lipinski definition) is 2. The number of carbonyl (C=O) groups excluding carboxylic acids is 2. The van der Waals surface area contributed by atoms with Crippen LogP contribution in [0.4, 0.5) is 5.69 Å². The Labute approximate surface area is 232 Å². The highest BCUT2D eigenvalue weighted by atomic mass is 35.5. The molecule has 0 bridgehead atoms. The molecule has 1 amide bonds. The van der Waals surface area contributed by atoms with Crippen molar-refractivity contribution >= 4 is 29.2 Å². The Morgan fingerprint density at radius 1 is 1.13 bits per heavy atom. The van der Waals surface area contributed by atoms with Crippen molar-refractivity contribution in [1.29, 1.82) is 0 Å². The van der Waals surface area contributed by atoms with Gasteiger partial charge in [0.2, 0.25) is 6.10 Å². The van der Waals surface area contributed by atoms with E-state index >= 15 is 0 Å². The molecule has 8 nitrogen and oxygen atoms in total. The Morgan fingerprint density at radius 2 is 1.90 bits per heavy atom. The van der Waals surface area contributed by atoms with Gasteiger partial charge < -0.3 is 24.6 Å². The molecule has 0 saturated carbocycles. The number of rotatable bonds is 9. The zero-order valence-corrected chi connectivity index (χ0v) is 22.4. The van der Waals surface area contributed by atoms with Crippen LogP contribution in [0.25, 0.3) is 0 Å². The van der Waals surface area contributed by atoms with Crippen LogP contribution in [0.15, 0.2) is 66.7 Å². The number of carbonyl (C=O) groups is 2. The quantitative estimate of drug-likeness (QED) is 0.226. The average Bonchev–Trinajstić information content (AvgIpc) is 3.27. The van der Waals surface area contributed by atoms with E-state index in [4.69, 9.17) is 25.8 Å². The van der Waals surface area contributed by atoms with Crippen molar-refractivity contribution in [2.45, 2.75) is 30.4 Å². The van der Waals surface area contributed by atoms with Crippen molar-refractivity contribution < 1.29 is 28.9 Å². The molecule has 9 heteroatoms. The van der Waals surface area contributed by atoms with E-state index in [0.717, 1.165) is 11.1 Å². The van der Waals surface area contributed by atoms with Crippen LogP contribution in [0.3, 0.4) is 0 Å². The lowest BCUT2D eigenvalue weighted by Gasteiger charge is -2.41. The van der Waals surface area contributed by atoms with Crippen LogP contribution >= 0.6 is 11.6 Å². The van der Waals surface area contributed by atoms with Gasteiger partial charge in [0.15, 0.2) is 0 Å². The van der Waals surface area contributed by atoms with Crippen molar-refractivity contribution in [3.05, 3.63) is 89.0 Å². The fourth-order valence-corrected chi connectivity index (χ4v) is 5.48. The van der Waals surface area contributed by atoms with Gasteiger partial charge in [-0.05, 0) is 54.3 Å². The van der Waals surface area contributed by atoms with Gasteiger partial charge in [-0.25, -0.2) is 4.79 Å². The van der Waals surface area contributed by atoms with E-state index in [1.807, 2.05) is 36.4 Å². The number of alkyl halides is 1. The highest BCUT2D eigenvalue weighted by Crippen LogP contribution is 2.38. The summed E-state index contributed by atoms with van der Waals surface area (Å²) in [5.74, 6) is -0.216. The predicted molar refractivity (Wildman–Crippen MR) is 147 cm³/mol. The summed E-state index contributed by atoms with van der Waals surface area (Å²) in [5.41, 5.74) is 3.33. The van der Waals surface area contributed by atoms with E-state index in [0.29, 0.717) is 68.1 Å². The van der Waals surface area contributed by atoms with Crippen LogP contribution in [0.2, 0.25) is 0 Å². The van der Waals surface area contributed by atoms with E-state index in [9.17, 15) is 14.7 Å². The molecule has 204 valence electrons. The van der Waals surface area contributed by atoms with Crippen molar-refractivity contribution in [2.75, 3.05) is 38.7 Å². The van der Waals surface area contributed by atoms with Crippen molar-refractivity contribution in [3.8, 4) is 11.5 Å². The minimum Gasteiger partial charge on any atom is -0.508 e. The SMILES string of the molecule is COc1ccc(CC(Cl)(CCc2ccc3c(c2)C(OC(=O)c2ccccc2)C(=O)N3)N2CCOCC2)c(O)c1. The number of methoxy groups -OCH3 is 1. The predicted octanol–water partition coefficient (Wildman–Crippen LogP) is 4.69. The third-order valence-corrected chi connectivity index (χ3v) is 7.82. The molecule has 2 N–H and O–H groups in total. The summed E-state index contributed by atoms with van der Waals surface area (Å²) in [6, 6.07) is 19.5. The number of phenolic OH excluding ortho intramolecular Hbond substituents is 1. The standard InChI is InChI=1S/C30H31ClN2O6/c1-37-23-9-8-22(26(34)18-23)19-30(31,33-13-15-38-16-14-33)12-11-20-7-10-25-24(17-20)27(28(35)32-25)39-29(36)21-5-3-2-4-6-21/h2-10,17-18,27,34H,11-16,19H2,1H3,(H,32,35). The number of amides is 1. The summed E-state index contributed by atoms with van der Waals surface area (Å²) in [6.45, 7) is 2.54. The molecule has 5 rings (SSSR count). The number of nitrogens with zero attached hydrogens (tertiary/aromatic N) is 1. The largest absolute Gasteiger partial charge is 0.508 e. The highest BCUT2D eigenvalue weighted by molar-refractivity contribution is 6.23. The molecule has 2 unspecified atom stereocenters. The number of anilines is 1. The van der Waals surface area contributed by atoms with Gasteiger partial charge >= 0.3 is 5.97 Å². The number of morpholine rings is 1. The van der Waals surface area contributed by atoms with Crippen molar-refractivity contribution in [2.24, 2.45) is 0 Å². The summed E-state index contributed by atoms with van der Waals surface area (Å²) < 4.78 is 16.4. The Balaban J connectivity index is 1.34. The van der Waals surface area contributed by atoms with E-state index in [1.54, 1.807) is 37.4 Å². The van der Waals surface area contributed by atoms with Gasteiger partial charge in [0, 0.05) is 36.8 Å². The molecule has 0 radical (unpaired) electrons. The molecule has 0 aliphatic carbocycles. The summed E-state index contributed by atoms with van der Waals surface area (Å²) in [5, 5.41) is 13.4. The van der Waals surface area contributed by atoms with Crippen LogP contribution < -0.4 is 10.1 Å². The molecule has 2 aliphatic heterocycles. The lowest BCUT2D eigenvalue weighted by molar-refractivity contribution is -0.124. The summed E-state index contributed by atoms with van der Waals surface area (Å²) >= 11 is 7.35. The number of benzene rings is 3. The third kappa shape index (κ3) is 6.03. The Morgan fingerprint density at radius 3 is 2.62 bits per heavy atom. The molecule has 2 atom stereocenters. The maximum absolute atomic E-state index is 12.7. The van der Waals surface area contributed by atoms with Crippen molar-refractivity contribution in [3.63, 3.8) is 0 Å². The second-order valence-electron chi connectivity index (χ2n) is 9.75. The van der Waals surface area contributed by atoms with Gasteiger partial charge in [0.25, 0.3) is 5.91 Å². The molecule has 39 heavy (non-hydrogen) atoms. The number of nitrogens with one attached hydrogen (secondary N) is 1. The van der Waals surface area contributed by atoms with Gasteiger partial charge in [0.1, 0.15) is 16.5 Å². The van der Waals surface area contributed by atoms with Gasteiger partial charge in [-0.1, -0.05) is 30.3 Å². The lowest BCUT2D eigenvalue weighted by Crippen LogP contribution is -2.51. The van der Waals surface area contributed by atoms with E-state index in [-0.39, 0.29) is 11.7 Å². The molecule has 2 aliphatic rings. The number of esters is 1. The van der Waals surface area contributed by atoms with E-state index in [2.05, 4.69) is 10.2 Å².